The molecule has 1 amide bonds. The summed E-state index contributed by atoms with van der Waals surface area (Å²) in [6.07, 6.45) is 2.50. The van der Waals surface area contributed by atoms with E-state index in [0.29, 0.717) is 11.6 Å². The Hall–Kier alpha value is -1.16. The van der Waals surface area contributed by atoms with Crippen LogP contribution in [-0.2, 0) is 11.2 Å². The van der Waals surface area contributed by atoms with E-state index in [2.05, 4.69) is 5.32 Å². The molecule has 1 heterocycles. The van der Waals surface area contributed by atoms with Crippen LogP contribution in [0.25, 0.3) is 0 Å². The zero-order valence-corrected chi connectivity index (χ0v) is 10.5. The number of carbonyl (C=O) groups is 1. The van der Waals surface area contributed by atoms with Gasteiger partial charge in [0.2, 0.25) is 5.91 Å². The molecule has 0 saturated carbocycles. The van der Waals surface area contributed by atoms with Crippen molar-refractivity contribution >= 4 is 17.7 Å². The van der Waals surface area contributed by atoms with Crippen LogP contribution in [0, 0.1) is 0 Å². The Morgan fingerprint density at radius 1 is 1.47 bits per heavy atom. The molecule has 2 N–H and O–H groups in total. The average Bonchev–Trinajstić information content (AvgIpc) is 2.33. The lowest BCUT2D eigenvalue weighted by atomic mass is 10.1. The first-order valence-corrected chi connectivity index (χ1v) is 7.05. The van der Waals surface area contributed by atoms with E-state index in [1.54, 1.807) is 18.2 Å². The molecule has 1 aromatic carbocycles. The van der Waals surface area contributed by atoms with Crippen LogP contribution in [0.4, 0.5) is 0 Å². The molecule has 0 bridgehead atoms. The summed E-state index contributed by atoms with van der Waals surface area (Å²) in [5.74, 6) is 2.40. The lowest BCUT2D eigenvalue weighted by Crippen LogP contribution is -2.39. The van der Waals surface area contributed by atoms with Gasteiger partial charge in [0.05, 0.1) is 6.42 Å². The predicted octanol–water partition coefficient (Wildman–Crippen LogP) is 1.95. The van der Waals surface area contributed by atoms with Crippen molar-refractivity contribution in [1.82, 2.24) is 5.32 Å². The molecule has 4 heteroatoms. The molecule has 92 valence electrons. The number of benzene rings is 1. The van der Waals surface area contributed by atoms with Crippen molar-refractivity contribution in [2.45, 2.75) is 25.3 Å². The van der Waals surface area contributed by atoms with E-state index < -0.39 is 0 Å². The first-order chi connectivity index (χ1) is 8.25. The highest BCUT2D eigenvalue weighted by Crippen LogP contribution is 2.18. The highest BCUT2D eigenvalue weighted by atomic mass is 32.2. The van der Waals surface area contributed by atoms with Crippen LogP contribution in [0.5, 0.6) is 5.75 Å². The van der Waals surface area contributed by atoms with Crippen LogP contribution in [0.2, 0.25) is 0 Å². The molecule has 17 heavy (non-hydrogen) atoms. The van der Waals surface area contributed by atoms with Crippen LogP contribution in [0.1, 0.15) is 18.4 Å². The quantitative estimate of drug-likeness (QED) is 0.863. The van der Waals surface area contributed by atoms with Gasteiger partial charge in [0.1, 0.15) is 5.75 Å². The van der Waals surface area contributed by atoms with Gasteiger partial charge in [-0.3, -0.25) is 4.79 Å². The number of amides is 1. The predicted molar refractivity (Wildman–Crippen MR) is 70.3 cm³/mol. The zero-order valence-electron chi connectivity index (χ0n) is 9.69. The molecule has 1 saturated heterocycles. The first kappa shape index (κ1) is 12.3. The Labute approximate surface area is 106 Å². The normalized spacial score (nSPS) is 19.9. The van der Waals surface area contributed by atoms with Crippen molar-refractivity contribution in [3.63, 3.8) is 0 Å². The van der Waals surface area contributed by atoms with Crippen molar-refractivity contribution in [1.29, 1.82) is 0 Å². The summed E-state index contributed by atoms with van der Waals surface area (Å²) in [4.78, 5) is 11.8. The average molecular weight is 251 g/mol. The van der Waals surface area contributed by atoms with E-state index in [4.69, 9.17) is 0 Å². The molecule has 0 spiro atoms. The molecular weight excluding hydrogens is 234 g/mol. The highest BCUT2D eigenvalue weighted by molar-refractivity contribution is 7.99. The number of nitrogens with one attached hydrogen (secondary N) is 1. The van der Waals surface area contributed by atoms with Gasteiger partial charge >= 0.3 is 0 Å². The molecule has 1 aliphatic heterocycles. The van der Waals surface area contributed by atoms with Gasteiger partial charge in [-0.25, -0.2) is 0 Å². The van der Waals surface area contributed by atoms with Crippen molar-refractivity contribution < 1.29 is 9.90 Å². The molecule has 0 radical (unpaired) electrons. The van der Waals surface area contributed by atoms with Gasteiger partial charge in [-0.2, -0.15) is 11.8 Å². The minimum Gasteiger partial charge on any atom is -0.508 e. The van der Waals surface area contributed by atoms with Crippen molar-refractivity contribution in [3.8, 4) is 5.75 Å². The third-order valence-electron chi connectivity index (χ3n) is 2.87. The third kappa shape index (κ3) is 3.66. The Morgan fingerprint density at radius 2 is 2.29 bits per heavy atom. The van der Waals surface area contributed by atoms with Crippen LogP contribution in [0.3, 0.4) is 0 Å². The number of phenols is 1. The van der Waals surface area contributed by atoms with E-state index >= 15 is 0 Å². The standard InChI is InChI=1S/C13H17NO2S/c15-12-6-2-1-4-10(12)8-13(16)14-11-5-3-7-17-9-11/h1-2,4,6,11,15H,3,5,7-9H2,(H,14,16). The van der Waals surface area contributed by atoms with Crippen LogP contribution >= 0.6 is 11.8 Å². The first-order valence-electron chi connectivity index (χ1n) is 5.89. The maximum absolute atomic E-state index is 11.8. The second kappa shape index (κ2) is 5.96. The second-order valence-electron chi connectivity index (χ2n) is 4.29. The van der Waals surface area contributed by atoms with Crippen molar-refractivity contribution in [2.75, 3.05) is 11.5 Å². The van der Waals surface area contributed by atoms with Crippen molar-refractivity contribution in [2.24, 2.45) is 0 Å². The molecule has 3 nitrogen and oxygen atoms in total. The lowest BCUT2D eigenvalue weighted by molar-refractivity contribution is -0.121. The number of para-hydroxylation sites is 1. The molecule has 1 aliphatic rings. The molecule has 0 aromatic heterocycles. The third-order valence-corrected chi connectivity index (χ3v) is 4.08. The van der Waals surface area contributed by atoms with Crippen LogP contribution < -0.4 is 5.32 Å². The highest BCUT2D eigenvalue weighted by Gasteiger charge is 2.16. The fourth-order valence-corrected chi connectivity index (χ4v) is 3.04. The number of hydrogen-bond donors (Lipinski definition) is 2. The maximum atomic E-state index is 11.8. The van der Waals surface area contributed by atoms with Gasteiger partial charge in [0.15, 0.2) is 0 Å². The molecule has 1 fully saturated rings. The van der Waals surface area contributed by atoms with E-state index in [1.165, 1.54) is 12.2 Å². The summed E-state index contributed by atoms with van der Waals surface area (Å²) < 4.78 is 0. The van der Waals surface area contributed by atoms with Gasteiger partial charge < -0.3 is 10.4 Å². The Morgan fingerprint density at radius 3 is 3.00 bits per heavy atom. The summed E-state index contributed by atoms with van der Waals surface area (Å²) >= 11 is 1.89. The van der Waals surface area contributed by atoms with Gasteiger partial charge in [-0.1, -0.05) is 18.2 Å². The maximum Gasteiger partial charge on any atom is 0.224 e. The number of carbonyl (C=O) groups excluding carboxylic acids is 1. The number of phenolic OH excluding ortho intramolecular Hbond substituents is 1. The molecule has 1 unspecified atom stereocenters. The molecule has 1 atom stereocenters. The SMILES string of the molecule is O=C(Cc1ccccc1O)NC1CCCSC1. The summed E-state index contributed by atoms with van der Waals surface area (Å²) in [5, 5.41) is 12.6. The van der Waals surface area contributed by atoms with Gasteiger partial charge in [0, 0.05) is 17.4 Å². The fourth-order valence-electron chi connectivity index (χ4n) is 1.97. The monoisotopic (exact) mass is 251 g/mol. The summed E-state index contributed by atoms with van der Waals surface area (Å²) in [7, 11) is 0. The Balaban J connectivity index is 1.86. The van der Waals surface area contributed by atoms with Crippen molar-refractivity contribution in [3.05, 3.63) is 29.8 Å². The smallest absolute Gasteiger partial charge is 0.224 e. The largest absolute Gasteiger partial charge is 0.508 e. The van der Waals surface area contributed by atoms with Crippen LogP contribution in [-0.4, -0.2) is 28.6 Å². The molecular formula is C13H17NO2S. The molecule has 0 aliphatic carbocycles. The summed E-state index contributed by atoms with van der Waals surface area (Å²) in [6, 6.07) is 7.28. The Kier molecular flexibility index (Phi) is 4.31. The summed E-state index contributed by atoms with van der Waals surface area (Å²) in [6.45, 7) is 0. The second-order valence-corrected chi connectivity index (χ2v) is 5.44. The fraction of sp³-hybridized carbons (Fsp3) is 0.462. The zero-order chi connectivity index (χ0) is 12.1. The summed E-state index contributed by atoms with van der Waals surface area (Å²) in [5.41, 5.74) is 0.688. The van der Waals surface area contributed by atoms with Gasteiger partial charge in [0.25, 0.3) is 0 Å². The molecule has 2 rings (SSSR count). The van der Waals surface area contributed by atoms with Crippen LogP contribution in [0.15, 0.2) is 24.3 Å². The Bertz CT molecular complexity index is 389. The topological polar surface area (TPSA) is 49.3 Å². The number of aromatic hydroxyl groups is 1. The van der Waals surface area contributed by atoms with E-state index in [9.17, 15) is 9.90 Å². The molecule has 1 aromatic rings. The minimum absolute atomic E-state index is 0.000926. The number of hydrogen-bond acceptors (Lipinski definition) is 3. The number of thioether (sulfide) groups is 1. The number of rotatable bonds is 3. The lowest BCUT2D eigenvalue weighted by Gasteiger charge is -2.22. The van der Waals surface area contributed by atoms with Gasteiger partial charge in [-0.05, 0) is 24.7 Å². The van der Waals surface area contributed by atoms with E-state index in [-0.39, 0.29) is 18.1 Å². The van der Waals surface area contributed by atoms with E-state index in [0.717, 1.165) is 12.2 Å². The minimum atomic E-state index is -0.000926. The van der Waals surface area contributed by atoms with Gasteiger partial charge in [-0.15, -0.1) is 0 Å². The van der Waals surface area contributed by atoms with E-state index in [1.807, 2.05) is 17.8 Å².